The van der Waals surface area contributed by atoms with E-state index < -0.39 is 0 Å². The van der Waals surface area contributed by atoms with Gasteiger partial charge in [0.25, 0.3) is 0 Å². The Bertz CT molecular complexity index is 849. The van der Waals surface area contributed by atoms with Gasteiger partial charge in [0.15, 0.2) is 0 Å². The van der Waals surface area contributed by atoms with Gasteiger partial charge in [-0.25, -0.2) is 9.37 Å². The van der Waals surface area contributed by atoms with Crippen LogP contribution in [0.4, 0.5) is 4.39 Å². The SMILES string of the molecule is N#Cc1cccc(-c2nccn2C(CO)c2ccc(F)cc2)c1. The first-order valence-corrected chi connectivity index (χ1v) is 7.12. The summed E-state index contributed by atoms with van der Waals surface area (Å²) in [7, 11) is 0. The molecule has 1 unspecified atom stereocenters. The Balaban J connectivity index is 2.05. The van der Waals surface area contributed by atoms with Gasteiger partial charge in [-0.1, -0.05) is 24.3 Å². The van der Waals surface area contributed by atoms with Crippen LogP contribution in [-0.2, 0) is 0 Å². The summed E-state index contributed by atoms with van der Waals surface area (Å²) in [6.07, 6.45) is 3.40. The molecular formula is C18H14FN3O. The van der Waals surface area contributed by atoms with Crippen molar-refractivity contribution in [3.05, 3.63) is 77.9 Å². The zero-order valence-corrected chi connectivity index (χ0v) is 12.2. The van der Waals surface area contributed by atoms with E-state index in [-0.39, 0.29) is 18.5 Å². The van der Waals surface area contributed by atoms with Crippen LogP contribution in [0.25, 0.3) is 11.4 Å². The number of hydrogen-bond donors (Lipinski definition) is 1. The first-order valence-electron chi connectivity index (χ1n) is 7.12. The fraction of sp³-hybridized carbons (Fsp3) is 0.111. The summed E-state index contributed by atoms with van der Waals surface area (Å²) in [6.45, 7) is -0.146. The van der Waals surface area contributed by atoms with Crippen LogP contribution in [0, 0.1) is 17.1 Å². The molecule has 0 aliphatic carbocycles. The van der Waals surface area contributed by atoms with Gasteiger partial charge in [0, 0.05) is 18.0 Å². The molecule has 1 heterocycles. The Hall–Kier alpha value is -2.97. The van der Waals surface area contributed by atoms with Crippen molar-refractivity contribution in [1.29, 1.82) is 5.26 Å². The molecule has 114 valence electrons. The monoisotopic (exact) mass is 307 g/mol. The summed E-state index contributed by atoms with van der Waals surface area (Å²) in [6, 6.07) is 14.9. The second kappa shape index (κ2) is 6.42. The van der Waals surface area contributed by atoms with Gasteiger partial charge in [-0.2, -0.15) is 5.26 Å². The summed E-state index contributed by atoms with van der Waals surface area (Å²) >= 11 is 0. The minimum Gasteiger partial charge on any atom is -0.394 e. The first-order chi connectivity index (χ1) is 11.2. The minimum absolute atomic E-state index is 0.146. The lowest BCUT2D eigenvalue weighted by atomic mass is 10.1. The standard InChI is InChI=1S/C18H14FN3O/c19-16-6-4-14(5-7-16)17(12-23)22-9-8-21-18(22)15-3-1-2-13(10-15)11-20/h1-10,17,23H,12H2. The van der Waals surface area contributed by atoms with Crippen LogP contribution < -0.4 is 0 Å². The number of aliphatic hydroxyl groups excluding tert-OH is 1. The van der Waals surface area contributed by atoms with Gasteiger partial charge >= 0.3 is 0 Å². The van der Waals surface area contributed by atoms with Gasteiger partial charge in [-0.05, 0) is 29.8 Å². The average Bonchev–Trinajstić information content (AvgIpc) is 3.07. The topological polar surface area (TPSA) is 61.8 Å². The van der Waals surface area contributed by atoms with E-state index in [1.165, 1.54) is 12.1 Å². The maximum Gasteiger partial charge on any atom is 0.140 e. The number of aromatic nitrogens is 2. The molecule has 0 aliphatic heterocycles. The lowest BCUT2D eigenvalue weighted by Crippen LogP contribution is -2.15. The third kappa shape index (κ3) is 2.98. The number of nitrogens with zero attached hydrogens (tertiary/aromatic N) is 3. The largest absolute Gasteiger partial charge is 0.394 e. The van der Waals surface area contributed by atoms with Crippen LogP contribution in [-0.4, -0.2) is 21.3 Å². The van der Waals surface area contributed by atoms with E-state index in [9.17, 15) is 9.50 Å². The summed E-state index contributed by atoms with van der Waals surface area (Å²) in [4.78, 5) is 4.34. The van der Waals surface area contributed by atoms with Crippen molar-refractivity contribution in [3.63, 3.8) is 0 Å². The van der Waals surface area contributed by atoms with Crippen LogP contribution in [0.15, 0.2) is 60.9 Å². The van der Waals surface area contributed by atoms with Gasteiger partial charge in [-0.3, -0.25) is 0 Å². The summed E-state index contributed by atoms with van der Waals surface area (Å²) < 4.78 is 14.9. The average molecular weight is 307 g/mol. The van der Waals surface area contributed by atoms with Crippen LogP contribution in [0.2, 0.25) is 0 Å². The van der Waals surface area contributed by atoms with E-state index in [0.717, 1.165) is 11.1 Å². The van der Waals surface area contributed by atoms with E-state index in [1.54, 1.807) is 42.7 Å². The van der Waals surface area contributed by atoms with Crippen LogP contribution in [0.3, 0.4) is 0 Å². The number of benzene rings is 2. The van der Waals surface area contributed by atoms with E-state index in [0.29, 0.717) is 11.4 Å². The number of nitriles is 1. The molecule has 1 N–H and O–H groups in total. The maximum atomic E-state index is 13.1. The predicted molar refractivity (Wildman–Crippen MR) is 84.0 cm³/mol. The summed E-state index contributed by atoms with van der Waals surface area (Å²) in [5.74, 6) is 0.323. The van der Waals surface area contributed by atoms with Gasteiger partial charge in [0.2, 0.25) is 0 Å². The molecule has 0 spiro atoms. The molecule has 0 fully saturated rings. The second-order valence-electron chi connectivity index (χ2n) is 5.10. The highest BCUT2D eigenvalue weighted by Crippen LogP contribution is 2.26. The normalized spacial score (nSPS) is 11.9. The quantitative estimate of drug-likeness (QED) is 0.805. The number of halogens is 1. The predicted octanol–water partition coefficient (Wildman–Crippen LogP) is 3.14. The van der Waals surface area contributed by atoms with Crippen molar-refractivity contribution in [2.45, 2.75) is 6.04 Å². The number of rotatable bonds is 4. The highest BCUT2D eigenvalue weighted by atomic mass is 19.1. The van der Waals surface area contributed by atoms with E-state index in [1.807, 2.05) is 10.6 Å². The van der Waals surface area contributed by atoms with E-state index >= 15 is 0 Å². The minimum atomic E-state index is -0.376. The lowest BCUT2D eigenvalue weighted by Gasteiger charge is -2.19. The third-order valence-electron chi connectivity index (χ3n) is 3.68. The number of hydrogen-bond acceptors (Lipinski definition) is 3. The molecule has 2 aromatic carbocycles. The smallest absolute Gasteiger partial charge is 0.140 e. The van der Waals surface area contributed by atoms with Crippen molar-refractivity contribution < 1.29 is 9.50 Å². The third-order valence-corrected chi connectivity index (χ3v) is 3.68. The molecule has 3 aromatic rings. The Kier molecular flexibility index (Phi) is 4.18. The Morgan fingerprint density at radius 3 is 2.70 bits per heavy atom. The van der Waals surface area contributed by atoms with Crippen molar-refractivity contribution >= 4 is 0 Å². The van der Waals surface area contributed by atoms with Gasteiger partial charge in [-0.15, -0.1) is 0 Å². The van der Waals surface area contributed by atoms with Crippen LogP contribution in [0.5, 0.6) is 0 Å². The zero-order chi connectivity index (χ0) is 16.2. The van der Waals surface area contributed by atoms with Crippen molar-refractivity contribution in [2.24, 2.45) is 0 Å². The molecule has 3 rings (SSSR count). The summed E-state index contributed by atoms with van der Waals surface area (Å²) in [5, 5.41) is 18.8. The number of aliphatic hydroxyl groups is 1. The van der Waals surface area contributed by atoms with Gasteiger partial charge in [0.05, 0.1) is 24.3 Å². The molecule has 23 heavy (non-hydrogen) atoms. The Morgan fingerprint density at radius 1 is 1.22 bits per heavy atom. The lowest BCUT2D eigenvalue weighted by molar-refractivity contribution is 0.250. The van der Waals surface area contributed by atoms with Crippen molar-refractivity contribution in [1.82, 2.24) is 9.55 Å². The molecule has 0 radical (unpaired) electrons. The molecule has 0 saturated carbocycles. The van der Waals surface area contributed by atoms with Crippen LogP contribution in [0.1, 0.15) is 17.2 Å². The summed E-state index contributed by atoms with van der Waals surface area (Å²) in [5.41, 5.74) is 2.11. The molecule has 5 heteroatoms. The molecule has 0 amide bonds. The molecular weight excluding hydrogens is 293 g/mol. The van der Waals surface area contributed by atoms with E-state index in [2.05, 4.69) is 11.1 Å². The molecule has 0 bridgehead atoms. The Morgan fingerprint density at radius 2 is 2.00 bits per heavy atom. The van der Waals surface area contributed by atoms with E-state index in [4.69, 9.17) is 5.26 Å². The molecule has 0 saturated heterocycles. The maximum absolute atomic E-state index is 13.1. The molecule has 4 nitrogen and oxygen atoms in total. The zero-order valence-electron chi connectivity index (χ0n) is 12.2. The highest BCUT2D eigenvalue weighted by molar-refractivity contribution is 5.58. The Labute approximate surface area is 133 Å². The van der Waals surface area contributed by atoms with Crippen molar-refractivity contribution in [2.75, 3.05) is 6.61 Å². The molecule has 1 atom stereocenters. The highest BCUT2D eigenvalue weighted by Gasteiger charge is 2.17. The molecule has 0 aliphatic rings. The van der Waals surface area contributed by atoms with Crippen LogP contribution >= 0.6 is 0 Å². The van der Waals surface area contributed by atoms with Gasteiger partial charge < -0.3 is 9.67 Å². The number of imidazole rings is 1. The van der Waals surface area contributed by atoms with Gasteiger partial charge in [0.1, 0.15) is 11.6 Å². The fourth-order valence-corrected chi connectivity index (χ4v) is 2.55. The molecule has 1 aromatic heterocycles. The fourth-order valence-electron chi connectivity index (χ4n) is 2.55. The second-order valence-corrected chi connectivity index (χ2v) is 5.10. The first kappa shape index (κ1) is 14.9. The van der Waals surface area contributed by atoms with Crippen molar-refractivity contribution in [3.8, 4) is 17.5 Å².